The van der Waals surface area contributed by atoms with Gasteiger partial charge in [-0.05, 0) is 13.8 Å². The third-order valence-electron chi connectivity index (χ3n) is 1.98. The molecule has 3 N–H and O–H groups in total. The Labute approximate surface area is 87.6 Å². The van der Waals surface area contributed by atoms with E-state index in [1.54, 1.807) is 23.8 Å². The molecule has 0 aliphatic heterocycles. The van der Waals surface area contributed by atoms with Gasteiger partial charge < -0.3 is 15.5 Å². The van der Waals surface area contributed by atoms with Crippen molar-refractivity contribution < 1.29 is 10.2 Å². The minimum atomic E-state index is -1.04. The molecule has 0 fully saturated rings. The summed E-state index contributed by atoms with van der Waals surface area (Å²) < 4.78 is 0. The fraction of sp³-hybridized carbons (Fsp3) is 0.667. The van der Waals surface area contributed by atoms with Gasteiger partial charge in [-0.15, -0.1) is 11.3 Å². The molecular weight excluding hydrogens is 200 g/mol. The van der Waals surface area contributed by atoms with Crippen LogP contribution >= 0.6 is 11.3 Å². The number of thiazole rings is 1. The van der Waals surface area contributed by atoms with Crippen LogP contribution in [0.3, 0.4) is 0 Å². The Morgan fingerprint density at radius 3 is 2.86 bits per heavy atom. The zero-order valence-corrected chi connectivity index (χ0v) is 9.27. The smallest absolute Gasteiger partial charge is 0.0972 e. The Morgan fingerprint density at radius 1 is 1.64 bits per heavy atom. The second-order valence-electron chi connectivity index (χ2n) is 3.62. The van der Waals surface area contributed by atoms with Crippen LogP contribution in [0.5, 0.6) is 0 Å². The molecule has 0 aliphatic rings. The minimum absolute atomic E-state index is 0.234. The molecule has 0 saturated carbocycles. The van der Waals surface area contributed by atoms with E-state index in [2.05, 4.69) is 10.3 Å². The van der Waals surface area contributed by atoms with Gasteiger partial charge in [0.15, 0.2) is 0 Å². The molecular formula is C9H16N2O2S. The molecule has 1 heterocycles. The molecule has 0 spiro atoms. The number of rotatable bonds is 5. The van der Waals surface area contributed by atoms with Gasteiger partial charge in [-0.1, -0.05) is 0 Å². The molecule has 0 radical (unpaired) electrons. The fourth-order valence-electron chi connectivity index (χ4n) is 0.997. The summed E-state index contributed by atoms with van der Waals surface area (Å²) in [6.45, 7) is 4.38. The molecule has 80 valence electrons. The van der Waals surface area contributed by atoms with Crippen molar-refractivity contribution in [1.29, 1.82) is 0 Å². The standard InChI is InChI=1S/C9H16N2O2S/c1-7-8(14-6-11-7)3-10-4-9(2,13)5-12/h6,10,12-13H,3-5H2,1-2H3. The normalized spacial score (nSPS) is 15.4. The SMILES string of the molecule is Cc1ncsc1CNCC(C)(O)CO. The van der Waals surface area contributed by atoms with Crippen molar-refractivity contribution in [1.82, 2.24) is 10.3 Å². The van der Waals surface area contributed by atoms with Crippen LogP contribution in [0.25, 0.3) is 0 Å². The van der Waals surface area contributed by atoms with Gasteiger partial charge in [-0.3, -0.25) is 0 Å². The number of aryl methyl sites for hydroxylation is 1. The topological polar surface area (TPSA) is 65.4 Å². The summed E-state index contributed by atoms with van der Waals surface area (Å²) in [5, 5.41) is 21.4. The monoisotopic (exact) mass is 216 g/mol. The lowest BCUT2D eigenvalue weighted by Crippen LogP contribution is -2.40. The van der Waals surface area contributed by atoms with Crippen molar-refractivity contribution in [2.24, 2.45) is 0 Å². The van der Waals surface area contributed by atoms with Gasteiger partial charge in [0.2, 0.25) is 0 Å². The third kappa shape index (κ3) is 3.34. The van der Waals surface area contributed by atoms with Crippen molar-refractivity contribution in [3.63, 3.8) is 0 Å². The van der Waals surface area contributed by atoms with Crippen molar-refractivity contribution in [3.05, 3.63) is 16.1 Å². The van der Waals surface area contributed by atoms with Crippen molar-refractivity contribution in [2.45, 2.75) is 26.0 Å². The Balaban J connectivity index is 2.32. The molecule has 14 heavy (non-hydrogen) atoms. The first kappa shape index (κ1) is 11.6. The summed E-state index contributed by atoms with van der Waals surface area (Å²) in [6.07, 6.45) is 0. The second kappa shape index (κ2) is 4.84. The zero-order valence-electron chi connectivity index (χ0n) is 8.45. The lowest BCUT2D eigenvalue weighted by atomic mass is 10.1. The third-order valence-corrected chi connectivity index (χ3v) is 2.91. The number of nitrogens with one attached hydrogen (secondary N) is 1. The van der Waals surface area contributed by atoms with Crippen molar-refractivity contribution >= 4 is 11.3 Å². The quantitative estimate of drug-likeness (QED) is 0.661. The van der Waals surface area contributed by atoms with E-state index in [9.17, 15) is 5.11 Å². The molecule has 0 bridgehead atoms. The average Bonchev–Trinajstić information content (AvgIpc) is 2.52. The summed E-state index contributed by atoms with van der Waals surface area (Å²) in [6, 6.07) is 0. The van der Waals surface area contributed by atoms with Crippen LogP contribution in [0.4, 0.5) is 0 Å². The summed E-state index contributed by atoms with van der Waals surface area (Å²) in [5.74, 6) is 0. The van der Waals surface area contributed by atoms with Crippen LogP contribution in [0.15, 0.2) is 5.51 Å². The van der Waals surface area contributed by atoms with Crippen LogP contribution in [-0.4, -0.2) is 33.9 Å². The molecule has 1 aromatic heterocycles. The van der Waals surface area contributed by atoms with Crippen LogP contribution in [-0.2, 0) is 6.54 Å². The molecule has 0 saturated heterocycles. The number of hydrogen-bond acceptors (Lipinski definition) is 5. The van der Waals surface area contributed by atoms with Gasteiger partial charge >= 0.3 is 0 Å². The van der Waals surface area contributed by atoms with Gasteiger partial charge in [0.05, 0.1) is 23.4 Å². The molecule has 1 rings (SSSR count). The van der Waals surface area contributed by atoms with E-state index in [1.165, 1.54) is 4.88 Å². The van der Waals surface area contributed by atoms with Crippen LogP contribution < -0.4 is 5.32 Å². The van der Waals surface area contributed by atoms with Crippen LogP contribution in [0, 0.1) is 6.92 Å². The first-order valence-corrected chi connectivity index (χ1v) is 5.36. The van der Waals surface area contributed by atoms with E-state index in [4.69, 9.17) is 5.11 Å². The lowest BCUT2D eigenvalue weighted by molar-refractivity contribution is 0.00257. The van der Waals surface area contributed by atoms with E-state index in [0.717, 1.165) is 5.69 Å². The molecule has 5 heteroatoms. The largest absolute Gasteiger partial charge is 0.393 e. The highest BCUT2D eigenvalue weighted by atomic mass is 32.1. The van der Waals surface area contributed by atoms with E-state index in [-0.39, 0.29) is 6.61 Å². The number of aromatic nitrogens is 1. The van der Waals surface area contributed by atoms with Crippen LogP contribution in [0.1, 0.15) is 17.5 Å². The summed E-state index contributed by atoms with van der Waals surface area (Å²) >= 11 is 1.59. The molecule has 1 unspecified atom stereocenters. The molecule has 0 amide bonds. The molecule has 0 aromatic carbocycles. The van der Waals surface area contributed by atoms with Crippen molar-refractivity contribution in [3.8, 4) is 0 Å². The zero-order chi connectivity index (χ0) is 10.6. The number of aliphatic hydroxyl groups excluding tert-OH is 1. The maximum Gasteiger partial charge on any atom is 0.0972 e. The fourth-order valence-corrected chi connectivity index (χ4v) is 1.74. The molecule has 1 aromatic rings. The van der Waals surface area contributed by atoms with Gasteiger partial charge in [0, 0.05) is 18.0 Å². The summed E-state index contributed by atoms with van der Waals surface area (Å²) in [7, 11) is 0. The molecule has 0 aliphatic carbocycles. The van der Waals surface area contributed by atoms with Gasteiger partial charge in [0.1, 0.15) is 0 Å². The Bertz CT molecular complexity index is 286. The first-order chi connectivity index (χ1) is 6.55. The molecule has 1 atom stereocenters. The summed E-state index contributed by atoms with van der Waals surface area (Å²) in [5.41, 5.74) is 1.78. The van der Waals surface area contributed by atoms with E-state index >= 15 is 0 Å². The van der Waals surface area contributed by atoms with E-state index in [0.29, 0.717) is 13.1 Å². The maximum absolute atomic E-state index is 9.50. The van der Waals surface area contributed by atoms with Crippen molar-refractivity contribution in [2.75, 3.05) is 13.2 Å². The van der Waals surface area contributed by atoms with Gasteiger partial charge in [0.25, 0.3) is 0 Å². The van der Waals surface area contributed by atoms with Gasteiger partial charge in [-0.2, -0.15) is 0 Å². The van der Waals surface area contributed by atoms with E-state index < -0.39 is 5.60 Å². The molecule has 4 nitrogen and oxygen atoms in total. The maximum atomic E-state index is 9.50. The average molecular weight is 216 g/mol. The lowest BCUT2D eigenvalue weighted by Gasteiger charge is -2.20. The second-order valence-corrected chi connectivity index (χ2v) is 4.56. The predicted molar refractivity (Wildman–Crippen MR) is 56.3 cm³/mol. The minimum Gasteiger partial charge on any atom is -0.393 e. The Hall–Kier alpha value is -0.490. The highest BCUT2D eigenvalue weighted by molar-refractivity contribution is 7.09. The Morgan fingerprint density at radius 2 is 2.36 bits per heavy atom. The number of hydrogen-bond donors (Lipinski definition) is 3. The highest BCUT2D eigenvalue weighted by Gasteiger charge is 2.18. The van der Waals surface area contributed by atoms with Crippen LogP contribution in [0.2, 0.25) is 0 Å². The first-order valence-electron chi connectivity index (χ1n) is 4.48. The Kier molecular flexibility index (Phi) is 4.00. The summed E-state index contributed by atoms with van der Waals surface area (Å²) in [4.78, 5) is 5.28. The van der Waals surface area contributed by atoms with E-state index in [1.807, 2.05) is 6.92 Å². The number of aliphatic hydroxyl groups is 2. The highest BCUT2D eigenvalue weighted by Crippen LogP contribution is 2.11. The predicted octanol–water partition coefficient (Wildman–Crippen LogP) is 0.284. The number of nitrogens with zero attached hydrogens (tertiary/aromatic N) is 1. The van der Waals surface area contributed by atoms with Gasteiger partial charge in [-0.25, -0.2) is 4.98 Å².